The van der Waals surface area contributed by atoms with E-state index in [9.17, 15) is 9.59 Å². The number of pyridine rings is 1. The third-order valence-electron chi connectivity index (χ3n) is 5.41. The van der Waals surface area contributed by atoms with Crippen molar-refractivity contribution in [1.29, 1.82) is 5.26 Å². The summed E-state index contributed by atoms with van der Waals surface area (Å²) in [7, 11) is 0. The van der Waals surface area contributed by atoms with Crippen LogP contribution in [-0.4, -0.2) is 61.0 Å². The van der Waals surface area contributed by atoms with Gasteiger partial charge in [-0.1, -0.05) is 19.1 Å². The lowest BCUT2D eigenvalue weighted by Crippen LogP contribution is -2.47. The van der Waals surface area contributed by atoms with Crippen LogP contribution in [0.1, 0.15) is 31.7 Å². The molecule has 1 fully saturated rings. The first-order valence-corrected chi connectivity index (χ1v) is 10.7. The van der Waals surface area contributed by atoms with E-state index >= 15 is 0 Å². The summed E-state index contributed by atoms with van der Waals surface area (Å²) < 4.78 is 4.97. The zero-order chi connectivity index (χ0) is 22.1. The molecule has 0 unspecified atom stereocenters. The summed E-state index contributed by atoms with van der Waals surface area (Å²) >= 11 is 0. The Balaban J connectivity index is 1.42. The molecule has 0 atom stereocenters. The van der Waals surface area contributed by atoms with Crippen LogP contribution in [0.25, 0.3) is 11.1 Å². The van der Waals surface area contributed by atoms with Crippen LogP contribution in [-0.2, 0) is 14.3 Å². The van der Waals surface area contributed by atoms with E-state index in [1.54, 1.807) is 13.0 Å². The average molecular weight is 421 g/mol. The smallest absolute Gasteiger partial charge is 0.306 e. The van der Waals surface area contributed by atoms with Crippen molar-refractivity contribution in [2.24, 2.45) is 0 Å². The largest absolute Gasteiger partial charge is 0.458 e. The van der Waals surface area contributed by atoms with Gasteiger partial charge in [0.2, 0.25) is 0 Å². The highest BCUT2D eigenvalue weighted by atomic mass is 16.5. The maximum atomic E-state index is 11.7. The Morgan fingerprint density at radius 2 is 1.94 bits per heavy atom. The highest BCUT2D eigenvalue weighted by molar-refractivity contribution is 5.82. The van der Waals surface area contributed by atoms with Crippen LogP contribution in [0.4, 0.5) is 5.82 Å². The molecule has 0 aliphatic carbocycles. The predicted molar refractivity (Wildman–Crippen MR) is 119 cm³/mol. The average Bonchev–Trinajstić information content (AvgIpc) is 2.83. The summed E-state index contributed by atoms with van der Waals surface area (Å²) in [6, 6.07) is 13.8. The number of ether oxygens (including phenoxy) is 1. The molecule has 0 N–H and O–H groups in total. The van der Waals surface area contributed by atoms with Crippen LogP contribution >= 0.6 is 0 Å². The maximum absolute atomic E-state index is 11.7. The van der Waals surface area contributed by atoms with Gasteiger partial charge in [-0.05, 0) is 42.8 Å². The van der Waals surface area contributed by atoms with Gasteiger partial charge in [0.05, 0.1) is 11.6 Å². The van der Waals surface area contributed by atoms with Gasteiger partial charge in [0.15, 0.2) is 5.78 Å². The minimum Gasteiger partial charge on any atom is -0.458 e. The van der Waals surface area contributed by atoms with E-state index in [1.807, 2.05) is 36.5 Å². The number of aromatic nitrogens is 1. The van der Waals surface area contributed by atoms with Gasteiger partial charge in [0.1, 0.15) is 12.4 Å². The van der Waals surface area contributed by atoms with Gasteiger partial charge >= 0.3 is 5.97 Å². The molecule has 7 nitrogen and oxygen atoms in total. The number of anilines is 1. The minimum absolute atomic E-state index is 0.0539. The summed E-state index contributed by atoms with van der Waals surface area (Å²) in [6.45, 7) is 6.08. The van der Waals surface area contributed by atoms with Crippen molar-refractivity contribution in [1.82, 2.24) is 9.88 Å². The van der Waals surface area contributed by atoms with E-state index in [2.05, 4.69) is 20.9 Å². The summed E-state index contributed by atoms with van der Waals surface area (Å²) in [4.78, 5) is 32.1. The van der Waals surface area contributed by atoms with E-state index in [1.165, 1.54) is 0 Å². The number of hydrogen-bond donors (Lipinski definition) is 0. The highest BCUT2D eigenvalue weighted by Gasteiger charge is 2.18. The fourth-order valence-corrected chi connectivity index (χ4v) is 3.49. The molecule has 2 heterocycles. The Morgan fingerprint density at radius 3 is 2.61 bits per heavy atom. The molecule has 1 saturated heterocycles. The Bertz CT molecular complexity index is 929. The van der Waals surface area contributed by atoms with Crippen molar-refractivity contribution in [2.75, 3.05) is 44.2 Å². The zero-order valence-electron chi connectivity index (χ0n) is 17.9. The molecule has 1 aromatic carbocycles. The number of nitriles is 1. The van der Waals surface area contributed by atoms with Gasteiger partial charge in [0, 0.05) is 50.8 Å². The molecule has 2 aromatic rings. The number of Topliss-reactive ketones (excluding diaryl/α,β-unsaturated/α-hetero) is 1. The second-order valence-corrected chi connectivity index (χ2v) is 7.58. The Kier molecular flexibility index (Phi) is 8.13. The van der Waals surface area contributed by atoms with Crippen molar-refractivity contribution < 1.29 is 14.3 Å². The van der Waals surface area contributed by atoms with Crippen molar-refractivity contribution in [2.45, 2.75) is 26.2 Å². The van der Waals surface area contributed by atoms with Gasteiger partial charge in [-0.25, -0.2) is 4.98 Å². The molecule has 1 aliphatic rings. The van der Waals surface area contributed by atoms with Gasteiger partial charge in [0.25, 0.3) is 0 Å². The number of esters is 1. The van der Waals surface area contributed by atoms with Crippen LogP contribution in [0.15, 0.2) is 42.6 Å². The fourth-order valence-electron chi connectivity index (χ4n) is 3.49. The summed E-state index contributed by atoms with van der Waals surface area (Å²) in [6.07, 6.45) is 3.32. The normalized spacial score (nSPS) is 14.1. The van der Waals surface area contributed by atoms with Crippen molar-refractivity contribution in [3.05, 3.63) is 48.2 Å². The zero-order valence-corrected chi connectivity index (χ0v) is 17.9. The van der Waals surface area contributed by atoms with Gasteiger partial charge < -0.3 is 9.64 Å². The summed E-state index contributed by atoms with van der Waals surface area (Å²) in [5.74, 6) is 0.593. The topological polar surface area (TPSA) is 86.5 Å². The van der Waals surface area contributed by atoms with E-state index in [-0.39, 0.29) is 18.4 Å². The number of benzene rings is 1. The molecule has 162 valence electrons. The third kappa shape index (κ3) is 6.63. The lowest BCUT2D eigenvalue weighted by molar-refractivity contribution is -0.148. The number of piperazine rings is 1. The van der Waals surface area contributed by atoms with E-state index in [4.69, 9.17) is 10.00 Å². The number of nitrogens with zero attached hydrogens (tertiary/aromatic N) is 4. The van der Waals surface area contributed by atoms with E-state index in [0.717, 1.165) is 56.1 Å². The molecule has 0 bridgehead atoms. The quantitative estimate of drug-likeness (QED) is 0.576. The molecular formula is C24H28N4O3. The molecule has 1 aromatic heterocycles. The van der Waals surface area contributed by atoms with Crippen LogP contribution < -0.4 is 4.90 Å². The van der Waals surface area contributed by atoms with Gasteiger partial charge in [-0.2, -0.15) is 5.26 Å². The monoisotopic (exact) mass is 420 g/mol. The fraction of sp³-hybridized carbons (Fsp3) is 0.417. The Labute approximate surface area is 183 Å². The molecular weight excluding hydrogens is 392 g/mol. The van der Waals surface area contributed by atoms with Crippen molar-refractivity contribution in [3.63, 3.8) is 0 Å². The third-order valence-corrected chi connectivity index (χ3v) is 5.41. The highest BCUT2D eigenvalue weighted by Crippen LogP contribution is 2.22. The van der Waals surface area contributed by atoms with Gasteiger partial charge in [-0.15, -0.1) is 0 Å². The predicted octanol–water partition coefficient (Wildman–Crippen LogP) is 3.04. The summed E-state index contributed by atoms with van der Waals surface area (Å²) in [5, 5.41) is 9.07. The number of ketones is 1. The molecule has 1 aliphatic heterocycles. The van der Waals surface area contributed by atoms with Crippen LogP contribution in [0.3, 0.4) is 0 Å². The minimum atomic E-state index is -0.301. The van der Waals surface area contributed by atoms with Gasteiger partial charge in [-0.3, -0.25) is 14.5 Å². The summed E-state index contributed by atoms with van der Waals surface area (Å²) in [5.41, 5.74) is 2.62. The Hall–Kier alpha value is -3.24. The van der Waals surface area contributed by atoms with E-state index in [0.29, 0.717) is 18.4 Å². The first-order chi connectivity index (χ1) is 15.1. The standard InChI is InChI=1S/C24H28N4O3/c1-2-22(29)18-31-24(30)7-4-10-27-11-13-28(14-12-27)23-9-8-21(17-26-23)20-6-3-5-19(15-20)16-25/h3,5-6,8-9,15,17H,2,4,7,10-14,18H2,1H3. The lowest BCUT2D eigenvalue weighted by atomic mass is 10.1. The van der Waals surface area contributed by atoms with Crippen molar-refractivity contribution >= 4 is 17.6 Å². The molecule has 0 amide bonds. The van der Waals surface area contributed by atoms with Crippen LogP contribution in [0.2, 0.25) is 0 Å². The van der Waals surface area contributed by atoms with Crippen LogP contribution in [0.5, 0.6) is 0 Å². The van der Waals surface area contributed by atoms with Crippen molar-refractivity contribution in [3.8, 4) is 17.2 Å². The lowest BCUT2D eigenvalue weighted by Gasteiger charge is -2.35. The second-order valence-electron chi connectivity index (χ2n) is 7.58. The SMILES string of the molecule is CCC(=O)COC(=O)CCCN1CCN(c2ccc(-c3cccc(C#N)c3)cn2)CC1. The number of carbonyl (C=O) groups excluding carboxylic acids is 2. The molecule has 0 spiro atoms. The molecule has 0 saturated carbocycles. The molecule has 0 radical (unpaired) electrons. The molecule has 31 heavy (non-hydrogen) atoms. The molecule has 7 heteroatoms. The first-order valence-electron chi connectivity index (χ1n) is 10.7. The number of rotatable bonds is 9. The first kappa shape index (κ1) is 22.4. The number of carbonyl (C=O) groups is 2. The molecule has 3 rings (SSSR count). The number of hydrogen-bond acceptors (Lipinski definition) is 7. The van der Waals surface area contributed by atoms with Crippen LogP contribution in [0, 0.1) is 11.3 Å². The Morgan fingerprint density at radius 1 is 1.13 bits per heavy atom. The maximum Gasteiger partial charge on any atom is 0.306 e. The van der Waals surface area contributed by atoms with E-state index < -0.39 is 0 Å². The second kappa shape index (κ2) is 11.2.